The van der Waals surface area contributed by atoms with Crippen LogP contribution in [0, 0.1) is 6.92 Å². The van der Waals surface area contributed by atoms with E-state index < -0.39 is 9.84 Å². The number of hydrogen-bond acceptors (Lipinski definition) is 4. The number of hydrogen-bond donors (Lipinski definition) is 0. The summed E-state index contributed by atoms with van der Waals surface area (Å²) in [5.74, 6) is 0.683. The maximum Gasteiger partial charge on any atom is 0.213 e. The van der Waals surface area contributed by atoms with Crippen molar-refractivity contribution in [3.05, 3.63) is 68.6 Å². The molecule has 1 aromatic heterocycles. The summed E-state index contributed by atoms with van der Waals surface area (Å²) in [6.07, 6.45) is 1.46. The Morgan fingerprint density at radius 1 is 1.15 bits per heavy atom. The van der Waals surface area contributed by atoms with Crippen molar-refractivity contribution < 1.29 is 13.2 Å². The summed E-state index contributed by atoms with van der Waals surface area (Å²) in [5.41, 5.74) is 2.18. The van der Waals surface area contributed by atoms with Gasteiger partial charge in [0.1, 0.15) is 14.7 Å². The van der Waals surface area contributed by atoms with Crippen molar-refractivity contribution in [2.45, 2.75) is 11.8 Å². The number of nitrogens with zero attached hydrogens (tertiary/aromatic N) is 1. The number of methoxy groups -OCH3 is 1. The molecule has 3 rings (SSSR count). The number of ether oxygens (including phenoxy) is 1. The molecule has 0 saturated carbocycles. The molecule has 134 valence electrons. The van der Waals surface area contributed by atoms with Crippen LogP contribution < -0.4 is 4.74 Å². The lowest BCUT2D eigenvalue weighted by atomic mass is 10.1. The highest BCUT2D eigenvalue weighted by Crippen LogP contribution is 2.30. The van der Waals surface area contributed by atoms with Gasteiger partial charge in [0.15, 0.2) is 0 Å². The number of fused-ring (bicyclic) bond motifs is 1. The number of aromatic nitrogens is 1. The number of aryl methyl sites for hydroxylation is 1. The molecule has 26 heavy (non-hydrogen) atoms. The summed E-state index contributed by atoms with van der Waals surface area (Å²) in [7, 11) is -2.09. The van der Waals surface area contributed by atoms with E-state index in [0.29, 0.717) is 16.8 Å². The molecule has 0 N–H and O–H groups in total. The van der Waals surface area contributed by atoms with E-state index >= 15 is 0 Å². The summed E-state index contributed by atoms with van der Waals surface area (Å²) in [4.78, 5) is 4.53. The molecule has 0 unspecified atom stereocenters. The van der Waals surface area contributed by atoms with E-state index in [-0.39, 0.29) is 13.9 Å². The third-order valence-corrected chi connectivity index (χ3v) is 7.19. The Kier molecular flexibility index (Phi) is 5.37. The minimum Gasteiger partial charge on any atom is -0.497 e. The van der Waals surface area contributed by atoms with Gasteiger partial charge >= 0.3 is 0 Å². The van der Waals surface area contributed by atoms with E-state index in [2.05, 4.69) is 20.9 Å². The first-order valence-electron chi connectivity index (χ1n) is 7.64. The highest BCUT2D eigenvalue weighted by Gasteiger charge is 2.19. The summed E-state index contributed by atoms with van der Waals surface area (Å²) < 4.78 is 30.7. The molecule has 0 spiro atoms. The van der Waals surface area contributed by atoms with Crippen LogP contribution in [-0.4, -0.2) is 20.5 Å². The van der Waals surface area contributed by atoms with Crippen LogP contribution in [0.1, 0.15) is 11.1 Å². The van der Waals surface area contributed by atoms with E-state index in [1.165, 1.54) is 6.08 Å². The highest BCUT2D eigenvalue weighted by atomic mass is 79.9. The highest BCUT2D eigenvalue weighted by molar-refractivity contribution is 9.13. The van der Waals surface area contributed by atoms with Crippen molar-refractivity contribution in [1.82, 2.24) is 4.98 Å². The van der Waals surface area contributed by atoms with Crippen LogP contribution in [-0.2, 0) is 9.84 Å². The first-order chi connectivity index (χ1) is 12.3. The Morgan fingerprint density at radius 2 is 1.85 bits per heavy atom. The van der Waals surface area contributed by atoms with Gasteiger partial charge in [0.2, 0.25) is 9.84 Å². The van der Waals surface area contributed by atoms with Crippen LogP contribution in [0.2, 0.25) is 5.15 Å². The fraction of sp³-hybridized carbons (Fsp3) is 0.105. The van der Waals surface area contributed by atoms with Crippen molar-refractivity contribution in [3.63, 3.8) is 0 Å². The molecule has 4 nitrogen and oxygen atoms in total. The molecule has 7 heteroatoms. The second-order valence-corrected chi connectivity index (χ2v) is 9.35. The Labute approximate surface area is 165 Å². The van der Waals surface area contributed by atoms with Gasteiger partial charge in [0, 0.05) is 10.9 Å². The zero-order chi connectivity index (χ0) is 18.9. The van der Waals surface area contributed by atoms with E-state index in [1.807, 2.05) is 13.0 Å². The topological polar surface area (TPSA) is 56.3 Å². The van der Waals surface area contributed by atoms with Crippen LogP contribution in [0.5, 0.6) is 5.75 Å². The van der Waals surface area contributed by atoms with Crippen molar-refractivity contribution in [2.75, 3.05) is 7.11 Å². The zero-order valence-corrected chi connectivity index (χ0v) is 17.2. The number of halogens is 2. The standard InChI is InChI=1S/C19H15BrClNO3S/c1-12-3-6-16(7-4-12)26(23,24)18(20)11-14-9-13-10-15(25-2)5-8-17(13)22-19(14)21/h3-11H,1-2H3/b18-11+. The van der Waals surface area contributed by atoms with Crippen molar-refractivity contribution >= 4 is 54.3 Å². The predicted octanol–water partition coefficient (Wildman–Crippen LogP) is 5.37. The minimum absolute atomic E-state index is 0.0137. The molecule has 0 fully saturated rings. The molecule has 0 amide bonds. The SMILES string of the molecule is COc1ccc2nc(Cl)c(/C=C(\Br)S(=O)(=O)c3ccc(C)cc3)cc2c1. The van der Waals surface area contributed by atoms with Crippen LogP contribution >= 0.6 is 27.5 Å². The van der Waals surface area contributed by atoms with Crippen molar-refractivity contribution in [2.24, 2.45) is 0 Å². The van der Waals surface area contributed by atoms with E-state index in [1.54, 1.807) is 49.6 Å². The van der Waals surface area contributed by atoms with Crippen molar-refractivity contribution in [1.29, 1.82) is 0 Å². The van der Waals surface area contributed by atoms with Gasteiger partial charge in [-0.05, 0) is 65.3 Å². The molecule has 0 bridgehead atoms. The maximum atomic E-state index is 12.7. The number of rotatable bonds is 4. The Morgan fingerprint density at radius 3 is 2.50 bits per heavy atom. The van der Waals surface area contributed by atoms with Gasteiger partial charge in [0.25, 0.3) is 0 Å². The average molecular weight is 453 g/mol. The summed E-state index contributed by atoms with van der Waals surface area (Å²) >= 11 is 9.42. The molecule has 0 atom stereocenters. The van der Waals surface area contributed by atoms with E-state index in [9.17, 15) is 8.42 Å². The fourth-order valence-electron chi connectivity index (χ4n) is 2.41. The fourth-order valence-corrected chi connectivity index (χ4v) is 4.41. The third kappa shape index (κ3) is 3.77. The van der Waals surface area contributed by atoms with Gasteiger partial charge in [-0.25, -0.2) is 13.4 Å². The minimum atomic E-state index is -3.67. The smallest absolute Gasteiger partial charge is 0.213 e. The first-order valence-corrected chi connectivity index (χ1v) is 10.3. The third-order valence-electron chi connectivity index (χ3n) is 3.86. The molecule has 0 aliphatic carbocycles. The summed E-state index contributed by atoms with van der Waals surface area (Å²) in [5, 5.41) is 1.02. The lowest BCUT2D eigenvalue weighted by molar-refractivity contribution is 0.415. The van der Waals surface area contributed by atoms with Crippen LogP contribution in [0.4, 0.5) is 0 Å². The Bertz CT molecular complexity index is 1110. The molecule has 0 radical (unpaired) electrons. The molecular formula is C19H15BrClNO3S. The van der Waals surface area contributed by atoms with Crippen molar-refractivity contribution in [3.8, 4) is 5.75 Å². The van der Waals surface area contributed by atoms with Crippen LogP contribution in [0.25, 0.3) is 17.0 Å². The Hall–Kier alpha value is -1.89. The number of benzene rings is 2. The quantitative estimate of drug-likeness (QED) is 0.499. The zero-order valence-electron chi connectivity index (χ0n) is 14.0. The molecule has 3 aromatic rings. The van der Waals surface area contributed by atoms with E-state index in [0.717, 1.165) is 10.9 Å². The van der Waals surface area contributed by atoms with Gasteiger partial charge in [-0.1, -0.05) is 29.3 Å². The number of sulfone groups is 1. The van der Waals surface area contributed by atoms with Gasteiger partial charge < -0.3 is 4.74 Å². The van der Waals surface area contributed by atoms with Gasteiger partial charge in [-0.2, -0.15) is 0 Å². The monoisotopic (exact) mass is 451 g/mol. The molecule has 2 aromatic carbocycles. The molecular weight excluding hydrogens is 438 g/mol. The largest absolute Gasteiger partial charge is 0.497 e. The summed E-state index contributed by atoms with van der Waals surface area (Å²) in [6.45, 7) is 1.90. The second kappa shape index (κ2) is 7.39. The molecule has 0 saturated heterocycles. The normalized spacial score (nSPS) is 12.4. The van der Waals surface area contributed by atoms with Crippen LogP contribution in [0.15, 0.2) is 57.2 Å². The van der Waals surface area contributed by atoms with Crippen LogP contribution in [0.3, 0.4) is 0 Å². The maximum absolute atomic E-state index is 12.7. The van der Waals surface area contributed by atoms with Gasteiger partial charge in [-0.15, -0.1) is 0 Å². The van der Waals surface area contributed by atoms with E-state index in [4.69, 9.17) is 16.3 Å². The predicted molar refractivity (Wildman–Crippen MR) is 109 cm³/mol. The molecule has 0 aliphatic heterocycles. The number of pyridine rings is 1. The summed E-state index contributed by atoms with van der Waals surface area (Å²) in [6, 6.07) is 13.8. The van der Waals surface area contributed by atoms with Gasteiger partial charge in [0.05, 0.1) is 17.5 Å². The second-order valence-electron chi connectivity index (χ2n) is 5.69. The lowest BCUT2D eigenvalue weighted by Gasteiger charge is -2.07. The lowest BCUT2D eigenvalue weighted by Crippen LogP contribution is -2.00. The molecule has 0 aliphatic rings. The Balaban J connectivity index is 2.07. The molecule has 1 heterocycles. The first kappa shape index (κ1) is 18.9. The average Bonchev–Trinajstić information content (AvgIpc) is 2.62. The van der Waals surface area contributed by atoms with Gasteiger partial charge in [-0.3, -0.25) is 0 Å².